The molecule has 4 rings (SSSR count). The van der Waals surface area contributed by atoms with Crippen LogP contribution in [-0.2, 0) is 0 Å². The van der Waals surface area contributed by atoms with Crippen molar-refractivity contribution in [2.45, 2.75) is 13.8 Å². The molecule has 0 saturated heterocycles. The molecule has 128 valence electrons. The van der Waals surface area contributed by atoms with E-state index in [0.717, 1.165) is 33.4 Å². The van der Waals surface area contributed by atoms with Gasteiger partial charge in [-0.05, 0) is 31.5 Å². The third kappa shape index (κ3) is 3.09. The number of thiazole rings is 1. The van der Waals surface area contributed by atoms with Gasteiger partial charge in [-0.15, -0.1) is 11.3 Å². The van der Waals surface area contributed by atoms with Crippen LogP contribution >= 0.6 is 11.3 Å². The number of para-hydroxylation sites is 1. The highest BCUT2D eigenvalue weighted by atomic mass is 32.1. The molecule has 2 aromatic carbocycles. The zero-order chi connectivity index (χ0) is 18.1. The number of hydrogen-bond donors (Lipinski definition) is 1. The summed E-state index contributed by atoms with van der Waals surface area (Å²) in [5, 5.41) is 6.25. The van der Waals surface area contributed by atoms with Gasteiger partial charge in [-0.25, -0.2) is 9.97 Å². The Kier molecular flexibility index (Phi) is 4.22. The number of carbonyl (C=O) groups is 1. The summed E-state index contributed by atoms with van der Waals surface area (Å²) in [5.41, 5.74) is 5.23. The Labute approximate surface area is 155 Å². The normalized spacial score (nSPS) is 10.8. The van der Waals surface area contributed by atoms with Gasteiger partial charge in [0, 0.05) is 16.3 Å². The lowest BCUT2D eigenvalue weighted by Crippen LogP contribution is -2.13. The maximum Gasteiger partial charge on any atom is 0.258 e. The van der Waals surface area contributed by atoms with Crippen molar-refractivity contribution >= 4 is 33.3 Å². The highest BCUT2D eigenvalue weighted by Crippen LogP contribution is 2.27. The first kappa shape index (κ1) is 16.4. The van der Waals surface area contributed by atoms with Crippen LogP contribution in [-0.4, -0.2) is 15.9 Å². The van der Waals surface area contributed by atoms with Crippen molar-refractivity contribution in [1.29, 1.82) is 0 Å². The molecular formula is C21H17N3OS. The van der Waals surface area contributed by atoms with Gasteiger partial charge in [0.15, 0.2) is 5.13 Å². The first-order chi connectivity index (χ1) is 12.6. The second-order valence-corrected chi connectivity index (χ2v) is 6.99. The molecule has 0 aliphatic rings. The number of aryl methyl sites for hydroxylation is 2. The van der Waals surface area contributed by atoms with E-state index in [1.165, 1.54) is 11.3 Å². The molecule has 2 aromatic heterocycles. The number of pyridine rings is 1. The topological polar surface area (TPSA) is 54.9 Å². The molecule has 0 aliphatic carbocycles. The van der Waals surface area contributed by atoms with Crippen LogP contribution in [0.3, 0.4) is 0 Å². The molecule has 1 N–H and O–H groups in total. The number of nitrogens with one attached hydrogen (secondary N) is 1. The molecule has 2 heterocycles. The number of nitrogens with zero attached hydrogens (tertiary/aromatic N) is 2. The fourth-order valence-electron chi connectivity index (χ4n) is 2.94. The fraction of sp³-hybridized carbons (Fsp3) is 0.0952. The van der Waals surface area contributed by atoms with E-state index in [9.17, 15) is 4.79 Å². The first-order valence-electron chi connectivity index (χ1n) is 8.31. The van der Waals surface area contributed by atoms with Gasteiger partial charge in [-0.3, -0.25) is 10.1 Å². The Morgan fingerprint density at radius 3 is 2.54 bits per heavy atom. The lowest BCUT2D eigenvalue weighted by Gasteiger charge is -2.11. The number of hydrogen-bond acceptors (Lipinski definition) is 4. The average Bonchev–Trinajstić information content (AvgIpc) is 3.06. The largest absolute Gasteiger partial charge is 0.298 e. The summed E-state index contributed by atoms with van der Waals surface area (Å²) in [4.78, 5) is 22.0. The summed E-state index contributed by atoms with van der Waals surface area (Å²) in [6.45, 7) is 3.95. The van der Waals surface area contributed by atoms with Gasteiger partial charge in [-0.1, -0.05) is 42.5 Å². The van der Waals surface area contributed by atoms with E-state index in [4.69, 9.17) is 4.98 Å². The van der Waals surface area contributed by atoms with Gasteiger partial charge in [0.2, 0.25) is 0 Å². The van der Waals surface area contributed by atoms with Gasteiger partial charge in [0.1, 0.15) is 0 Å². The number of amides is 1. The Morgan fingerprint density at radius 1 is 1.00 bits per heavy atom. The summed E-state index contributed by atoms with van der Waals surface area (Å²) in [6.07, 6.45) is 0. The Hall–Kier alpha value is -3.05. The Bertz CT molecular complexity index is 1120. The van der Waals surface area contributed by atoms with Crippen molar-refractivity contribution in [2.75, 3.05) is 5.32 Å². The molecule has 0 saturated carbocycles. The van der Waals surface area contributed by atoms with Crippen molar-refractivity contribution in [3.8, 4) is 11.3 Å². The highest BCUT2D eigenvalue weighted by Gasteiger charge is 2.15. The van der Waals surface area contributed by atoms with E-state index < -0.39 is 0 Å². The SMILES string of the molecule is Cc1csc(NC(=O)c2cc(-c3ccccc3C)nc3ccccc23)n1. The Morgan fingerprint density at radius 2 is 1.77 bits per heavy atom. The number of fused-ring (bicyclic) bond motifs is 1. The molecule has 1 amide bonds. The summed E-state index contributed by atoms with van der Waals surface area (Å²) in [6, 6.07) is 17.6. The predicted molar refractivity (Wildman–Crippen MR) is 107 cm³/mol. The zero-order valence-corrected chi connectivity index (χ0v) is 15.3. The zero-order valence-electron chi connectivity index (χ0n) is 14.5. The second-order valence-electron chi connectivity index (χ2n) is 6.14. The Balaban J connectivity index is 1.84. The summed E-state index contributed by atoms with van der Waals surface area (Å²) < 4.78 is 0. The van der Waals surface area contributed by atoms with Gasteiger partial charge in [0.25, 0.3) is 5.91 Å². The van der Waals surface area contributed by atoms with Crippen LogP contribution in [0.2, 0.25) is 0 Å². The van der Waals surface area contributed by atoms with Crippen molar-refractivity contribution in [1.82, 2.24) is 9.97 Å². The van der Waals surface area contributed by atoms with E-state index in [0.29, 0.717) is 10.7 Å². The van der Waals surface area contributed by atoms with E-state index >= 15 is 0 Å². The number of anilines is 1. The smallest absolute Gasteiger partial charge is 0.258 e. The number of carbonyl (C=O) groups excluding carboxylic acids is 1. The number of aromatic nitrogens is 2. The third-order valence-electron chi connectivity index (χ3n) is 4.22. The van der Waals surface area contributed by atoms with E-state index in [-0.39, 0.29) is 5.91 Å². The van der Waals surface area contributed by atoms with Crippen molar-refractivity contribution < 1.29 is 4.79 Å². The van der Waals surface area contributed by atoms with Gasteiger partial charge in [-0.2, -0.15) is 0 Å². The van der Waals surface area contributed by atoms with Crippen molar-refractivity contribution in [3.05, 3.63) is 76.8 Å². The summed E-state index contributed by atoms with van der Waals surface area (Å²) in [5.74, 6) is -0.173. The monoisotopic (exact) mass is 359 g/mol. The van der Waals surface area contributed by atoms with Crippen molar-refractivity contribution in [3.63, 3.8) is 0 Å². The molecule has 4 nitrogen and oxygen atoms in total. The van der Waals surface area contributed by atoms with Gasteiger partial charge >= 0.3 is 0 Å². The summed E-state index contributed by atoms with van der Waals surface area (Å²) in [7, 11) is 0. The van der Waals surface area contributed by atoms with E-state index in [2.05, 4.69) is 10.3 Å². The van der Waals surface area contributed by atoms with Crippen LogP contribution in [0, 0.1) is 13.8 Å². The molecule has 0 radical (unpaired) electrons. The van der Waals surface area contributed by atoms with E-state index in [1.54, 1.807) is 0 Å². The average molecular weight is 359 g/mol. The maximum atomic E-state index is 12.9. The quantitative estimate of drug-likeness (QED) is 0.545. The molecule has 0 bridgehead atoms. The highest BCUT2D eigenvalue weighted by molar-refractivity contribution is 7.13. The van der Waals surface area contributed by atoms with Crippen LogP contribution in [0.5, 0.6) is 0 Å². The standard InChI is InChI=1S/C21H17N3OS/c1-13-7-3-4-8-15(13)19-11-17(16-9-5-6-10-18(16)23-19)20(25)24-21-22-14(2)12-26-21/h3-12H,1-2H3,(H,22,24,25). The minimum atomic E-state index is -0.173. The van der Waals surface area contributed by atoms with Crippen LogP contribution in [0.4, 0.5) is 5.13 Å². The molecule has 0 unspecified atom stereocenters. The lowest BCUT2D eigenvalue weighted by atomic mass is 10.0. The third-order valence-corrected chi connectivity index (χ3v) is 5.10. The maximum absolute atomic E-state index is 12.9. The molecule has 26 heavy (non-hydrogen) atoms. The lowest BCUT2D eigenvalue weighted by molar-refractivity contribution is 0.102. The predicted octanol–water partition coefficient (Wildman–Crippen LogP) is 5.23. The van der Waals surface area contributed by atoms with Gasteiger partial charge in [0.05, 0.1) is 22.5 Å². The van der Waals surface area contributed by atoms with Crippen molar-refractivity contribution in [2.24, 2.45) is 0 Å². The van der Waals surface area contributed by atoms with Gasteiger partial charge < -0.3 is 0 Å². The molecule has 0 aliphatic heterocycles. The minimum Gasteiger partial charge on any atom is -0.298 e. The number of rotatable bonds is 3. The van der Waals surface area contributed by atoms with Crippen LogP contribution in [0.1, 0.15) is 21.6 Å². The molecule has 5 heteroatoms. The summed E-state index contributed by atoms with van der Waals surface area (Å²) >= 11 is 1.42. The van der Waals surface area contributed by atoms with Crippen LogP contribution in [0.25, 0.3) is 22.2 Å². The molecule has 0 spiro atoms. The molecule has 4 aromatic rings. The second kappa shape index (κ2) is 6.69. The minimum absolute atomic E-state index is 0.173. The molecule has 0 atom stereocenters. The first-order valence-corrected chi connectivity index (χ1v) is 9.19. The van der Waals surface area contributed by atoms with Crippen LogP contribution in [0.15, 0.2) is 60.0 Å². The fourth-order valence-corrected chi connectivity index (χ4v) is 3.62. The van der Waals surface area contributed by atoms with Crippen LogP contribution < -0.4 is 5.32 Å². The van der Waals surface area contributed by atoms with E-state index in [1.807, 2.05) is 73.8 Å². The molecular weight excluding hydrogens is 342 g/mol. The molecule has 0 fully saturated rings. The number of benzene rings is 2.